The summed E-state index contributed by atoms with van der Waals surface area (Å²) in [7, 11) is 0. The number of hydrogen-bond donors (Lipinski definition) is 1. The second-order valence-electron chi connectivity index (χ2n) is 3.48. The summed E-state index contributed by atoms with van der Waals surface area (Å²) in [4.78, 5) is 2.24. The molecule has 1 aromatic rings. The van der Waals surface area contributed by atoms with E-state index in [1.54, 1.807) is 11.8 Å². The van der Waals surface area contributed by atoms with Gasteiger partial charge in [-0.1, -0.05) is 11.8 Å². The Balaban J connectivity index is 2.37. The van der Waals surface area contributed by atoms with Crippen LogP contribution in [0.25, 0.3) is 0 Å². The van der Waals surface area contributed by atoms with Gasteiger partial charge in [-0.3, -0.25) is 0 Å². The third-order valence-corrected chi connectivity index (χ3v) is 4.02. The molecule has 0 amide bonds. The third kappa shape index (κ3) is 2.01. The summed E-state index contributed by atoms with van der Waals surface area (Å²) in [5, 5.41) is 3.67. The van der Waals surface area contributed by atoms with Gasteiger partial charge in [0.1, 0.15) is 0 Å². The minimum atomic E-state index is 0.403. The average Bonchev–Trinajstić information content (AvgIpc) is 2.52. The van der Waals surface area contributed by atoms with E-state index < -0.39 is 0 Å². The number of allylic oxidation sites excluding steroid dienone is 1. The van der Waals surface area contributed by atoms with Crippen molar-refractivity contribution in [1.29, 1.82) is 0 Å². The van der Waals surface area contributed by atoms with Gasteiger partial charge in [-0.2, -0.15) is 0 Å². The van der Waals surface area contributed by atoms with Crippen molar-refractivity contribution in [1.82, 2.24) is 0 Å². The summed E-state index contributed by atoms with van der Waals surface area (Å²) in [6.07, 6.45) is 0. The highest BCUT2D eigenvalue weighted by Crippen LogP contribution is 2.36. The lowest BCUT2D eigenvalue weighted by Crippen LogP contribution is -2.24. The van der Waals surface area contributed by atoms with Crippen molar-refractivity contribution in [2.24, 2.45) is 0 Å². The Kier molecular flexibility index (Phi) is 2.98. The van der Waals surface area contributed by atoms with E-state index >= 15 is 0 Å². The predicted octanol–water partition coefficient (Wildman–Crippen LogP) is 3.59. The molecule has 2 N–H and O–H groups in total. The fourth-order valence-corrected chi connectivity index (χ4v) is 2.81. The number of nitrogens with zero attached hydrogens (tertiary/aromatic N) is 1. The van der Waals surface area contributed by atoms with E-state index in [1.807, 2.05) is 18.2 Å². The molecule has 1 atom stereocenters. The maximum atomic E-state index is 5.76. The molecule has 2 nitrogen and oxygen atoms in total. The Morgan fingerprint density at radius 1 is 1.53 bits per heavy atom. The Hall–Kier alpha value is -0.610. The van der Waals surface area contributed by atoms with Gasteiger partial charge in [0.2, 0.25) is 0 Å². The first kappa shape index (κ1) is 10.9. The number of nitrogen functional groups attached to an aromatic ring is 1. The van der Waals surface area contributed by atoms with Gasteiger partial charge >= 0.3 is 0 Å². The van der Waals surface area contributed by atoms with Crippen molar-refractivity contribution in [3.05, 3.63) is 33.8 Å². The predicted molar refractivity (Wildman–Crippen MR) is 70.5 cm³/mol. The molecule has 0 aromatic heterocycles. The maximum absolute atomic E-state index is 5.76. The average molecular weight is 284 g/mol. The molecule has 0 fully saturated rings. The molecule has 1 aliphatic heterocycles. The van der Waals surface area contributed by atoms with Crippen LogP contribution in [0, 0.1) is 5.41 Å². The number of rotatable bonds is 1. The van der Waals surface area contributed by atoms with Crippen LogP contribution in [0.15, 0.2) is 28.4 Å². The van der Waals surface area contributed by atoms with Crippen LogP contribution in [0.3, 0.4) is 0 Å². The van der Waals surface area contributed by atoms with Crippen molar-refractivity contribution >= 4 is 39.1 Å². The van der Waals surface area contributed by atoms with E-state index in [0.29, 0.717) is 5.37 Å². The van der Waals surface area contributed by atoms with Gasteiger partial charge in [0.25, 0.3) is 0 Å². The SMILES string of the molecule is CC1=[C]SC(C)N1c1ccc(N)c(Br)c1. The molecule has 1 radical (unpaired) electrons. The number of anilines is 2. The zero-order valence-corrected chi connectivity index (χ0v) is 11.0. The first-order chi connectivity index (χ1) is 7.09. The normalized spacial score (nSPS) is 20.6. The summed E-state index contributed by atoms with van der Waals surface area (Å²) in [6.45, 7) is 4.24. The molecular weight excluding hydrogens is 272 g/mol. The lowest BCUT2D eigenvalue weighted by Gasteiger charge is -2.25. The fourth-order valence-electron chi connectivity index (χ4n) is 1.61. The highest BCUT2D eigenvalue weighted by molar-refractivity contribution is 9.10. The molecule has 79 valence electrons. The second-order valence-corrected chi connectivity index (χ2v) is 5.46. The molecular formula is C11H12BrN2S. The molecule has 0 bridgehead atoms. The van der Waals surface area contributed by atoms with Crippen molar-refractivity contribution in [2.75, 3.05) is 10.6 Å². The second kappa shape index (κ2) is 4.10. The standard InChI is InChI=1S/C11H12BrN2S/c1-7-6-15-8(2)14(7)9-3-4-11(13)10(12)5-9/h3-5,8H,13H2,1-2H3. The summed E-state index contributed by atoms with van der Waals surface area (Å²) in [6, 6.07) is 6.00. The minimum Gasteiger partial charge on any atom is -0.398 e. The van der Waals surface area contributed by atoms with Crippen molar-refractivity contribution in [3.63, 3.8) is 0 Å². The van der Waals surface area contributed by atoms with Crippen LogP contribution in [0.2, 0.25) is 0 Å². The molecule has 15 heavy (non-hydrogen) atoms. The van der Waals surface area contributed by atoms with Gasteiger partial charge in [-0.15, -0.1) is 0 Å². The largest absolute Gasteiger partial charge is 0.398 e. The van der Waals surface area contributed by atoms with E-state index in [4.69, 9.17) is 5.73 Å². The fraction of sp³-hybridized carbons (Fsp3) is 0.273. The van der Waals surface area contributed by atoms with E-state index in [-0.39, 0.29) is 0 Å². The van der Waals surface area contributed by atoms with Crippen molar-refractivity contribution in [3.8, 4) is 0 Å². The molecule has 0 saturated heterocycles. The molecule has 1 heterocycles. The molecule has 4 heteroatoms. The van der Waals surface area contributed by atoms with Gasteiger partial charge in [0.05, 0.1) is 5.37 Å². The van der Waals surface area contributed by atoms with E-state index in [1.165, 1.54) is 0 Å². The van der Waals surface area contributed by atoms with Gasteiger partial charge in [0, 0.05) is 27.0 Å². The smallest absolute Gasteiger partial charge is 0.0815 e. The maximum Gasteiger partial charge on any atom is 0.0815 e. The van der Waals surface area contributed by atoms with Crippen LogP contribution in [0.1, 0.15) is 13.8 Å². The highest BCUT2D eigenvalue weighted by Gasteiger charge is 2.22. The van der Waals surface area contributed by atoms with Crippen LogP contribution in [-0.2, 0) is 0 Å². The highest BCUT2D eigenvalue weighted by atomic mass is 79.9. The first-order valence-corrected chi connectivity index (χ1v) is 6.36. The summed E-state index contributed by atoms with van der Waals surface area (Å²) in [5.74, 6) is 0. The molecule has 0 spiro atoms. The zero-order chi connectivity index (χ0) is 11.0. The van der Waals surface area contributed by atoms with Crippen LogP contribution < -0.4 is 10.6 Å². The minimum absolute atomic E-state index is 0.403. The topological polar surface area (TPSA) is 29.3 Å². The summed E-state index contributed by atoms with van der Waals surface area (Å²) >= 11 is 5.16. The van der Waals surface area contributed by atoms with Crippen LogP contribution >= 0.6 is 27.7 Å². The molecule has 1 aliphatic rings. The van der Waals surface area contributed by atoms with Gasteiger partial charge < -0.3 is 10.6 Å². The Labute approximate surface area is 103 Å². The molecule has 0 aliphatic carbocycles. The Morgan fingerprint density at radius 2 is 2.27 bits per heavy atom. The van der Waals surface area contributed by atoms with Crippen molar-refractivity contribution < 1.29 is 0 Å². The third-order valence-electron chi connectivity index (χ3n) is 2.36. The summed E-state index contributed by atoms with van der Waals surface area (Å²) in [5.41, 5.74) is 8.84. The van der Waals surface area contributed by atoms with Crippen molar-refractivity contribution in [2.45, 2.75) is 19.2 Å². The van der Waals surface area contributed by atoms with Crippen LogP contribution in [0.4, 0.5) is 11.4 Å². The van der Waals surface area contributed by atoms with Gasteiger partial charge in [-0.25, -0.2) is 0 Å². The lowest BCUT2D eigenvalue weighted by molar-refractivity contribution is 0.919. The number of halogens is 1. The van der Waals surface area contributed by atoms with Crippen LogP contribution in [0.5, 0.6) is 0 Å². The molecule has 1 aromatic carbocycles. The molecule has 2 rings (SSSR count). The van der Waals surface area contributed by atoms with E-state index in [2.05, 4.69) is 40.1 Å². The Bertz CT molecular complexity index is 417. The number of nitrogens with two attached hydrogens (primary N) is 1. The van der Waals surface area contributed by atoms with Crippen LogP contribution in [-0.4, -0.2) is 5.37 Å². The number of hydrogen-bond acceptors (Lipinski definition) is 3. The zero-order valence-electron chi connectivity index (χ0n) is 8.62. The first-order valence-electron chi connectivity index (χ1n) is 4.69. The number of thioether (sulfide) groups is 1. The van der Waals surface area contributed by atoms with E-state index in [9.17, 15) is 0 Å². The van der Waals surface area contributed by atoms with E-state index in [0.717, 1.165) is 21.5 Å². The van der Waals surface area contributed by atoms with Gasteiger partial charge in [-0.05, 0) is 48.0 Å². The summed E-state index contributed by atoms with van der Waals surface area (Å²) < 4.78 is 0.942. The molecule has 1 unspecified atom stereocenters. The van der Waals surface area contributed by atoms with Gasteiger partial charge in [0.15, 0.2) is 0 Å². The lowest BCUT2D eigenvalue weighted by atomic mass is 10.2. The molecule has 0 saturated carbocycles. The monoisotopic (exact) mass is 283 g/mol. The number of benzene rings is 1. The Morgan fingerprint density at radius 3 is 2.80 bits per heavy atom. The quantitative estimate of drug-likeness (QED) is 0.799.